The monoisotopic (exact) mass is 487 g/mol. The van der Waals surface area contributed by atoms with Crippen LogP contribution in [-0.2, 0) is 9.53 Å². The van der Waals surface area contributed by atoms with Crippen LogP contribution in [-0.4, -0.2) is 44.7 Å². The van der Waals surface area contributed by atoms with Gasteiger partial charge in [0.05, 0.1) is 11.7 Å². The fourth-order valence-electron chi connectivity index (χ4n) is 5.64. The lowest BCUT2D eigenvalue weighted by Crippen LogP contribution is -2.45. The summed E-state index contributed by atoms with van der Waals surface area (Å²) < 4.78 is 66.2. The van der Waals surface area contributed by atoms with Crippen molar-refractivity contribution in [3.63, 3.8) is 0 Å². The first-order valence-corrected chi connectivity index (χ1v) is 11.4. The smallest absolute Gasteiger partial charge is 0.341 e. The molecular formula is C25H21F4N3O3. The van der Waals surface area contributed by atoms with E-state index in [-0.39, 0.29) is 29.7 Å². The van der Waals surface area contributed by atoms with Crippen LogP contribution in [0.5, 0.6) is 0 Å². The third kappa shape index (κ3) is 3.26. The van der Waals surface area contributed by atoms with Gasteiger partial charge in [0.15, 0.2) is 17.5 Å². The van der Waals surface area contributed by atoms with Crippen molar-refractivity contribution >= 4 is 27.8 Å². The van der Waals surface area contributed by atoms with E-state index in [0.717, 1.165) is 12.1 Å². The lowest BCUT2D eigenvalue weighted by atomic mass is 9.67. The number of halogens is 4. The highest BCUT2D eigenvalue weighted by atomic mass is 19.2. The Labute approximate surface area is 196 Å². The molecule has 2 fully saturated rings. The minimum absolute atomic E-state index is 0.130. The number of aliphatic carboxylic acids is 1. The van der Waals surface area contributed by atoms with Crippen LogP contribution < -0.4 is 0 Å². The number of hydrogen-bond acceptors (Lipinski definition) is 3. The molecule has 4 aromatic rings. The van der Waals surface area contributed by atoms with Crippen LogP contribution in [0.4, 0.5) is 17.6 Å². The highest BCUT2D eigenvalue weighted by Crippen LogP contribution is 2.54. The summed E-state index contributed by atoms with van der Waals surface area (Å²) >= 11 is 0. The standard InChI is InChI=1S/C25H21F4N3O3/c26-16-2-1-15(8-17(16)27)32-18-7-13-11-30-31-22(13)21(28)20(18)19(14-9-25(29,10-14)24(33)34)23(32)12-3-5-35-6-4-12/h1-2,7-8,11-12,14H,3-6,9-10H2,(H,30,31)(H,33,34). The Bertz CT molecular complexity index is 1480. The average Bonchev–Trinajstić information content (AvgIpc) is 3.42. The van der Waals surface area contributed by atoms with Gasteiger partial charge in [-0.25, -0.2) is 22.4 Å². The lowest BCUT2D eigenvalue weighted by molar-refractivity contribution is -0.158. The van der Waals surface area contributed by atoms with Crippen molar-refractivity contribution in [3.05, 3.63) is 59.2 Å². The first-order valence-electron chi connectivity index (χ1n) is 11.4. The molecular weight excluding hydrogens is 466 g/mol. The Kier molecular flexibility index (Phi) is 4.93. The second kappa shape index (κ2) is 7.81. The van der Waals surface area contributed by atoms with Gasteiger partial charge in [-0.15, -0.1) is 0 Å². The second-order valence-electron chi connectivity index (χ2n) is 9.41. The molecule has 10 heteroatoms. The number of rotatable bonds is 4. The molecule has 0 bridgehead atoms. The third-order valence-corrected chi connectivity index (χ3v) is 7.38. The van der Waals surface area contributed by atoms with E-state index in [1.54, 1.807) is 10.6 Å². The minimum atomic E-state index is -2.39. The largest absolute Gasteiger partial charge is 0.479 e. The number of carboxylic acids is 1. The quantitative estimate of drug-likeness (QED) is 0.373. The molecule has 6 nitrogen and oxygen atoms in total. The normalized spacial score (nSPS) is 23.1. The zero-order chi connectivity index (χ0) is 24.5. The van der Waals surface area contributed by atoms with Gasteiger partial charge in [-0.05, 0) is 55.4 Å². The molecule has 1 saturated carbocycles. The molecule has 2 aliphatic rings. The zero-order valence-corrected chi connectivity index (χ0v) is 18.5. The van der Waals surface area contributed by atoms with Gasteiger partial charge in [-0.1, -0.05) is 0 Å². The van der Waals surface area contributed by atoms with Crippen molar-refractivity contribution in [1.29, 1.82) is 0 Å². The average molecular weight is 487 g/mol. The van der Waals surface area contributed by atoms with Crippen molar-refractivity contribution in [2.75, 3.05) is 13.2 Å². The van der Waals surface area contributed by atoms with E-state index in [1.807, 2.05) is 0 Å². The van der Waals surface area contributed by atoms with Crippen molar-refractivity contribution in [1.82, 2.24) is 14.8 Å². The van der Waals surface area contributed by atoms with Gasteiger partial charge < -0.3 is 14.4 Å². The molecule has 1 aliphatic carbocycles. The van der Waals surface area contributed by atoms with Gasteiger partial charge in [0.2, 0.25) is 5.67 Å². The second-order valence-corrected chi connectivity index (χ2v) is 9.41. The molecule has 0 amide bonds. The SMILES string of the molecule is O=C(O)C1(F)CC(c2c(C3CCOCC3)n(-c3ccc(F)c(F)c3)c3cc4cn[nH]c4c(F)c23)C1. The Morgan fingerprint density at radius 3 is 2.54 bits per heavy atom. The van der Waals surface area contributed by atoms with Crippen molar-refractivity contribution in [2.24, 2.45) is 0 Å². The maximum absolute atomic E-state index is 16.0. The van der Waals surface area contributed by atoms with Crippen LogP contribution in [0.3, 0.4) is 0 Å². The lowest BCUT2D eigenvalue weighted by Gasteiger charge is -2.39. The number of carboxylic acid groups (broad SMARTS) is 1. The van der Waals surface area contributed by atoms with Crippen molar-refractivity contribution in [3.8, 4) is 5.69 Å². The van der Waals surface area contributed by atoms with Gasteiger partial charge in [0, 0.05) is 47.4 Å². The number of nitrogens with one attached hydrogen (secondary N) is 1. The Hall–Kier alpha value is -3.40. The van der Waals surface area contributed by atoms with E-state index in [1.165, 1.54) is 12.3 Å². The van der Waals surface area contributed by atoms with E-state index in [4.69, 9.17) is 4.74 Å². The van der Waals surface area contributed by atoms with E-state index in [0.29, 0.717) is 53.9 Å². The number of fused-ring (bicyclic) bond motifs is 2. The molecule has 0 radical (unpaired) electrons. The molecule has 0 atom stereocenters. The zero-order valence-electron chi connectivity index (χ0n) is 18.5. The van der Waals surface area contributed by atoms with Gasteiger partial charge in [0.25, 0.3) is 0 Å². The molecule has 3 heterocycles. The summed E-state index contributed by atoms with van der Waals surface area (Å²) in [7, 11) is 0. The van der Waals surface area contributed by atoms with Crippen molar-refractivity contribution < 1.29 is 32.2 Å². The van der Waals surface area contributed by atoms with Crippen molar-refractivity contribution in [2.45, 2.75) is 43.2 Å². The fraction of sp³-hybridized carbons (Fsp3) is 0.360. The van der Waals surface area contributed by atoms with Crippen LogP contribution in [0.1, 0.15) is 48.8 Å². The van der Waals surface area contributed by atoms with Crippen LogP contribution >= 0.6 is 0 Å². The molecule has 0 spiro atoms. The summed E-state index contributed by atoms with van der Waals surface area (Å²) in [5.41, 5.74) is -0.337. The van der Waals surface area contributed by atoms with Gasteiger partial charge >= 0.3 is 5.97 Å². The highest BCUT2D eigenvalue weighted by Gasteiger charge is 2.53. The van der Waals surface area contributed by atoms with Crippen LogP contribution in [0, 0.1) is 17.5 Å². The molecule has 0 unspecified atom stereocenters. The maximum Gasteiger partial charge on any atom is 0.341 e. The molecule has 2 aromatic carbocycles. The third-order valence-electron chi connectivity index (χ3n) is 7.38. The topological polar surface area (TPSA) is 80.1 Å². The number of alkyl halides is 1. The summed E-state index contributed by atoms with van der Waals surface area (Å²) in [5, 5.41) is 16.6. The molecule has 35 heavy (non-hydrogen) atoms. The summed E-state index contributed by atoms with van der Waals surface area (Å²) in [6.07, 6.45) is 2.07. The number of aromatic amines is 1. The number of benzene rings is 2. The van der Waals surface area contributed by atoms with Gasteiger partial charge in [-0.2, -0.15) is 5.10 Å². The first kappa shape index (κ1) is 22.1. The molecule has 2 N–H and O–H groups in total. The number of ether oxygens (including phenoxy) is 1. The molecule has 1 aliphatic heterocycles. The number of hydrogen-bond donors (Lipinski definition) is 2. The molecule has 2 aromatic heterocycles. The summed E-state index contributed by atoms with van der Waals surface area (Å²) in [6, 6.07) is 5.19. The molecule has 6 rings (SSSR count). The maximum atomic E-state index is 16.0. The Morgan fingerprint density at radius 2 is 1.86 bits per heavy atom. The van der Waals surface area contributed by atoms with Gasteiger partial charge in [-0.3, -0.25) is 5.10 Å². The Morgan fingerprint density at radius 1 is 1.11 bits per heavy atom. The van der Waals surface area contributed by atoms with Crippen LogP contribution in [0.25, 0.3) is 27.5 Å². The van der Waals surface area contributed by atoms with E-state index >= 15 is 4.39 Å². The van der Waals surface area contributed by atoms with Gasteiger partial charge in [0.1, 0.15) is 5.52 Å². The van der Waals surface area contributed by atoms with Crippen LogP contribution in [0.2, 0.25) is 0 Å². The molecule has 182 valence electrons. The van der Waals surface area contributed by atoms with E-state index in [9.17, 15) is 23.1 Å². The predicted molar refractivity (Wildman–Crippen MR) is 119 cm³/mol. The number of aromatic nitrogens is 3. The number of carbonyl (C=O) groups is 1. The van der Waals surface area contributed by atoms with Crippen LogP contribution in [0.15, 0.2) is 30.5 Å². The first-order chi connectivity index (χ1) is 16.8. The van der Waals surface area contributed by atoms with E-state index < -0.39 is 35.0 Å². The minimum Gasteiger partial charge on any atom is -0.479 e. The number of nitrogens with zero attached hydrogens (tertiary/aromatic N) is 2. The Balaban J connectivity index is 1.69. The molecule has 1 saturated heterocycles. The fourth-order valence-corrected chi connectivity index (χ4v) is 5.64. The summed E-state index contributed by atoms with van der Waals surface area (Å²) in [5.74, 6) is -4.88. The summed E-state index contributed by atoms with van der Waals surface area (Å²) in [4.78, 5) is 11.5. The highest BCUT2D eigenvalue weighted by molar-refractivity contribution is 6.00. The van der Waals surface area contributed by atoms with E-state index in [2.05, 4.69) is 10.2 Å². The predicted octanol–water partition coefficient (Wildman–Crippen LogP) is 5.49. The summed E-state index contributed by atoms with van der Waals surface area (Å²) in [6.45, 7) is 0.924. The number of H-pyrrole nitrogens is 1.